The molecule has 2 aromatic rings. The monoisotopic (exact) mass is 351 g/mol. The molecule has 2 aromatic carbocycles. The molecule has 0 nitrogen and oxygen atoms in total. The van der Waals surface area contributed by atoms with E-state index in [2.05, 4.69) is 50.2 Å². The molecule has 0 aliphatic carbocycles. The van der Waals surface area contributed by atoms with Gasteiger partial charge in [0, 0.05) is 0 Å². The highest BCUT2D eigenvalue weighted by Crippen LogP contribution is 2.23. The molecule has 0 spiro atoms. The van der Waals surface area contributed by atoms with E-state index in [1.807, 2.05) is 0 Å². The predicted octanol–water partition coefficient (Wildman–Crippen LogP) is 8.45. The van der Waals surface area contributed by atoms with Crippen LogP contribution in [-0.4, -0.2) is 0 Å². The molecule has 0 unspecified atom stereocenters. The van der Waals surface area contributed by atoms with Crippen LogP contribution in [0.3, 0.4) is 0 Å². The van der Waals surface area contributed by atoms with Crippen LogP contribution in [0.15, 0.2) is 30.3 Å². The van der Waals surface area contributed by atoms with E-state index in [1.165, 1.54) is 106 Å². The third kappa shape index (κ3) is 7.52. The van der Waals surface area contributed by atoms with Gasteiger partial charge in [-0.25, -0.2) is 0 Å². The Balaban J connectivity index is 1.91. The number of rotatable bonds is 14. The van der Waals surface area contributed by atoms with Crippen molar-refractivity contribution >= 4 is 10.8 Å². The van der Waals surface area contributed by atoms with Gasteiger partial charge >= 0.3 is 0 Å². The first-order valence-corrected chi connectivity index (χ1v) is 11.3. The van der Waals surface area contributed by atoms with Crippen molar-refractivity contribution in [2.75, 3.05) is 0 Å². The van der Waals surface area contributed by atoms with E-state index in [1.54, 1.807) is 5.56 Å². The van der Waals surface area contributed by atoms with E-state index >= 15 is 0 Å². The van der Waals surface area contributed by atoms with Crippen molar-refractivity contribution in [3.63, 3.8) is 0 Å². The number of aryl methyl sites for hydroxylation is 2. The zero-order chi connectivity index (χ0) is 18.5. The SMILES string of the molecule is CCCCCCCCc1[c]c2ccccc2cc1CCCCCCCC. The van der Waals surface area contributed by atoms with Gasteiger partial charge in [0.25, 0.3) is 0 Å². The van der Waals surface area contributed by atoms with Crippen LogP contribution < -0.4 is 0 Å². The lowest BCUT2D eigenvalue weighted by Gasteiger charge is -2.12. The standard InChI is InChI=1S/C26H39/c1-3-5-7-9-11-13-17-23-21-25-19-15-16-20-26(25)22-24(23)18-14-12-10-8-6-4-2/h15-16,19-21H,3-14,17-18H2,1-2H3. The Morgan fingerprint density at radius 1 is 0.654 bits per heavy atom. The predicted molar refractivity (Wildman–Crippen MR) is 117 cm³/mol. The lowest BCUT2D eigenvalue weighted by Crippen LogP contribution is -1.97. The molecule has 0 heteroatoms. The Morgan fingerprint density at radius 3 is 1.92 bits per heavy atom. The minimum atomic E-state index is 1.21. The Bertz CT molecular complexity index is 556. The van der Waals surface area contributed by atoms with Gasteiger partial charge in [0.15, 0.2) is 0 Å². The van der Waals surface area contributed by atoms with Crippen LogP contribution in [0.25, 0.3) is 10.8 Å². The fourth-order valence-corrected chi connectivity index (χ4v) is 3.88. The third-order valence-electron chi connectivity index (χ3n) is 5.54. The van der Waals surface area contributed by atoms with Crippen LogP contribution in [0.4, 0.5) is 0 Å². The first-order valence-electron chi connectivity index (χ1n) is 11.3. The zero-order valence-corrected chi connectivity index (χ0v) is 17.3. The average molecular weight is 352 g/mol. The molecule has 0 saturated carbocycles. The van der Waals surface area contributed by atoms with Crippen molar-refractivity contribution in [2.45, 2.75) is 104 Å². The second kappa shape index (κ2) is 13.0. The third-order valence-corrected chi connectivity index (χ3v) is 5.54. The summed E-state index contributed by atoms with van der Waals surface area (Å²) in [6, 6.07) is 15.0. The highest BCUT2D eigenvalue weighted by molar-refractivity contribution is 5.83. The molecule has 0 aliphatic rings. The minimum absolute atomic E-state index is 1.21. The van der Waals surface area contributed by atoms with E-state index in [0.29, 0.717) is 0 Å². The molecule has 143 valence electrons. The highest BCUT2D eigenvalue weighted by atomic mass is 14.1. The fourth-order valence-electron chi connectivity index (χ4n) is 3.88. The Labute approximate surface area is 162 Å². The van der Waals surface area contributed by atoms with Gasteiger partial charge in [-0.2, -0.15) is 0 Å². The van der Waals surface area contributed by atoms with Gasteiger partial charge in [-0.15, -0.1) is 0 Å². The van der Waals surface area contributed by atoms with Crippen molar-refractivity contribution in [2.24, 2.45) is 0 Å². The summed E-state index contributed by atoms with van der Waals surface area (Å²) in [5.41, 5.74) is 3.06. The average Bonchev–Trinajstić information content (AvgIpc) is 2.67. The quantitative estimate of drug-likeness (QED) is 0.299. The second-order valence-corrected chi connectivity index (χ2v) is 7.90. The maximum Gasteiger partial charge on any atom is -0.00614 e. The second-order valence-electron chi connectivity index (χ2n) is 7.90. The van der Waals surface area contributed by atoms with Crippen LogP contribution in [0.5, 0.6) is 0 Å². The van der Waals surface area contributed by atoms with Gasteiger partial charge in [-0.3, -0.25) is 0 Å². The molecule has 0 aliphatic heterocycles. The number of fused-ring (bicyclic) bond motifs is 1. The lowest BCUT2D eigenvalue weighted by molar-refractivity contribution is 0.599. The van der Waals surface area contributed by atoms with E-state index in [0.717, 1.165) is 0 Å². The molecular weight excluding hydrogens is 312 g/mol. The smallest absolute Gasteiger partial charge is 0.00614 e. The largest absolute Gasteiger partial charge is 0.0654 e. The van der Waals surface area contributed by atoms with Crippen LogP contribution in [0, 0.1) is 6.07 Å². The van der Waals surface area contributed by atoms with Crippen LogP contribution in [0.1, 0.15) is 102 Å². The highest BCUT2D eigenvalue weighted by Gasteiger charge is 2.06. The number of benzene rings is 2. The van der Waals surface area contributed by atoms with Crippen molar-refractivity contribution in [3.05, 3.63) is 47.5 Å². The van der Waals surface area contributed by atoms with E-state index in [9.17, 15) is 0 Å². The zero-order valence-electron chi connectivity index (χ0n) is 17.3. The van der Waals surface area contributed by atoms with Gasteiger partial charge in [-0.1, -0.05) is 108 Å². The maximum absolute atomic E-state index is 3.76. The van der Waals surface area contributed by atoms with Gasteiger partial charge in [-0.05, 0) is 53.6 Å². The number of hydrogen-bond donors (Lipinski definition) is 0. The Morgan fingerprint density at radius 2 is 1.23 bits per heavy atom. The molecule has 0 atom stereocenters. The summed E-state index contributed by atoms with van der Waals surface area (Å²) in [5.74, 6) is 0. The molecule has 0 saturated heterocycles. The van der Waals surface area contributed by atoms with E-state index in [-0.39, 0.29) is 0 Å². The molecular formula is C26H39. The summed E-state index contributed by atoms with van der Waals surface area (Å²) in [6.45, 7) is 4.58. The molecule has 0 heterocycles. The number of hydrogen-bond acceptors (Lipinski definition) is 0. The molecule has 0 bridgehead atoms. The summed E-state index contributed by atoms with van der Waals surface area (Å²) in [5, 5.41) is 2.65. The van der Waals surface area contributed by atoms with Crippen LogP contribution in [0.2, 0.25) is 0 Å². The summed E-state index contributed by atoms with van der Waals surface area (Å²) in [7, 11) is 0. The fraction of sp³-hybridized carbons (Fsp3) is 0.615. The van der Waals surface area contributed by atoms with Crippen molar-refractivity contribution in [3.8, 4) is 0 Å². The molecule has 0 aromatic heterocycles. The first-order chi connectivity index (χ1) is 12.8. The summed E-state index contributed by atoms with van der Waals surface area (Å²) in [4.78, 5) is 0. The lowest BCUT2D eigenvalue weighted by atomic mass is 9.93. The van der Waals surface area contributed by atoms with Gasteiger partial charge < -0.3 is 0 Å². The molecule has 1 radical (unpaired) electrons. The van der Waals surface area contributed by atoms with Crippen molar-refractivity contribution in [1.82, 2.24) is 0 Å². The maximum atomic E-state index is 3.76. The molecule has 0 N–H and O–H groups in total. The Kier molecular flexibility index (Phi) is 10.5. The summed E-state index contributed by atoms with van der Waals surface area (Å²) in [6.07, 6.45) is 18.9. The van der Waals surface area contributed by atoms with E-state index in [4.69, 9.17) is 0 Å². The Hall–Kier alpha value is -1.30. The molecule has 2 rings (SSSR count). The van der Waals surface area contributed by atoms with Crippen molar-refractivity contribution < 1.29 is 0 Å². The van der Waals surface area contributed by atoms with Gasteiger partial charge in [0.1, 0.15) is 0 Å². The molecule has 0 amide bonds. The van der Waals surface area contributed by atoms with Crippen molar-refractivity contribution in [1.29, 1.82) is 0 Å². The first kappa shape index (κ1) is 21.0. The summed E-state index contributed by atoms with van der Waals surface area (Å²) >= 11 is 0. The van der Waals surface area contributed by atoms with E-state index < -0.39 is 0 Å². The topological polar surface area (TPSA) is 0 Å². The molecule has 26 heavy (non-hydrogen) atoms. The normalized spacial score (nSPS) is 11.3. The molecule has 0 fully saturated rings. The van der Waals surface area contributed by atoms with Crippen LogP contribution in [-0.2, 0) is 12.8 Å². The summed E-state index contributed by atoms with van der Waals surface area (Å²) < 4.78 is 0. The van der Waals surface area contributed by atoms with Gasteiger partial charge in [0.05, 0.1) is 0 Å². The van der Waals surface area contributed by atoms with Gasteiger partial charge in [0.2, 0.25) is 0 Å². The minimum Gasteiger partial charge on any atom is -0.0654 e. The number of unbranched alkanes of at least 4 members (excludes halogenated alkanes) is 10. The van der Waals surface area contributed by atoms with Crippen LogP contribution >= 0.6 is 0 Å².